The second-order valence-electron chi connectivity index (χ2n) is 7.15. The highest BCUT2D eigenvalue weighted by molar-refractivity contribution is 5.84. The third-order valence-corrected chi connectivity index (χ3v) is 4.84. The number of carbonyl (C=O) groups is 1. The standard InChI is InChI=1S/C18H26O2/c1-13(7-5-11-17(2,3)20)14-9-10-15-16(19)8-6-12-18(14,15)4/h9,13,15,20H,6-8,10,12H2,1-4H3/t13-,15?,18+/m0/s1. The van der Waals surface area contributed by atoms with E-state index in [9.17, 15) is 9.90 Å². The smallest absolute Gasteiger partial charge is 0.137 e. The second-order valence-corrected chi connectivity index (χ2v) is 7.15. The molecule has 1 unspecified atom stereocenters. The summed E-state index contributed by atoms with van der Waals surface area (Å²) in [6, 6.07) is 0. The minimum absolute atomic E-state index is 0.0607. The van der Waals surface area contributed by atoms with Crippen molar-refractivity contribution in [3.05, 3.63) is 11.6 Å². The highest BCUT2D eigenvalue weighted by Crippen LogP contribution is 2.53. The minimum Gasteiger partial charge on any atom is -0.378 e. The van der Waals surface area contributed by atoms with E-state index in [-0.39, 0.29) is 11.3 Å². The Morgan fingerprint density at radius 2 is 2.25 bits per heavy atom. The molecule has 2 rings (SSSR count). The molecule has 20 heavy (non-hydrogen) atoms. The first kappa shape index (κ1) is 15.3. The summed E-state index contributed by atoms with van der Waals surface area (Å²) in [7, 11) is 0. The minimum atomic E-state index is -0.920. The third kappa shape index (κ3) is 2.99. The van der Waals surface area contributed by atoms with Crippen molar-refractivity contribution in [1.29, 1.82) is 0 Å². The lowest BCUT2D eigenvalue weighted by atomic mass is 9.63. The van der Waals surface area contributed by atoms with Crippen molar-refractivity contribution in [2.45, 2.75) is 65.4 Å². The van der Waals surface area contributed by atoms with Gasteiger partial charge in [-0.25, -0.2) is 0 Å². The molecule has 0 radical (unpaired) electrons. The van der Waals surface area contributed by atoms with Crippen LogP contribution in [-0.4, -0.2) is 16.5 Å². The molecule has 0 spiro atoms. The molecule has 0 aromatic rings. The lowest BCUT2D eigenvalue weighted by Crippen LogP contribution is -2.36. The van der Waals surface area contributed by atoms with E-state index in [0.717, 1.165) is 32.1 Å². The van der Waals surface area contributed by atoms with Gasteiger partial charge in [0, 0.05) is 18.8 Å². The summed E-state index contributed by atoms with van der Waals surface area (Å²) in [6.07, 6.45) is 6.85. The molecule has 0 aliphatic heterocycles. The molecular formula is C18H26O2. The zero-order valence-corrected chi connectivity index (χ0v) is 13.1. The Labute approximate surface area is 122 Å². The molecule has 1 N–H and O–H groups in total. The molecule has 0 bridgehead atoms. The van der Waals surface area contributed by atoms with Gasteiger partial charge in [0.05, 0.1) is 0 Å². The summed E-state index contributed by atoms with van der Waals surface area (Å²) < 4.78 is 0. The van der Waals surface area contributed by atoms with Gasteiger partial charge < -0.3 is 5.11 Å². The third-order valence-electron chi connectivity index (χ3n) is 4.84. The molecule has 3 atom stereocenters. The molecule has 1 saturated carbocycles. The van der Waals surface area contributed by atoms with Gasteiger partial charge in [0.25, 0.3) is 0 Å². The normalized spacial score (nSPS) is 31.1. The average molecular weight is 274 g/mol. The maximum absolute atomic E-state index is 12.1. The van der Waals surface area contributed by atoms with Crippen LogP contribution in [0, 0.1) is 29.1 Å². The fourth-order valence-electron chi connectivity index (χ4n) is 3.84. The van der Waals surface area contributed by atoms with Crippen LogP contribution in [0.1, 0.15) is 59.8 Å². The Morgan fingerprint density at radius 1 is 1.55 bits per heavy atom. The van der Waals surface area contributed by atoms with Gasteiger partial charge in [0.15, 0.2) is 0 Å². The summed E-state index contributed by atoms with van der Waals surface area (Å²) in [5, 5.41) is 9.64. The van der Waals surface area contributed by atoms with Crippen LogP contribution in [0.2, 0.25) is 0 Å². The topological polar surface area (TPSA) is 37.3 Å². The summed E-state index contributed by atoms with van der Waals surface area (Å²) in [6.45, 7) is 7.86. The number of aliphatic hydroxyl groups is 1. The van der Waals surface area contributed by atoms with Crippen molar-refractivity contribution in [1.82, 2.24) is 0 Å². The van der Waals surface area contributed by atoms with Crippen molar-refractivity contribution in [3.8, 4) is 11.8 Å². The largest absolute Gasteiger partial charge is 0.378 e. The number of allylic oxidation sites excluding steroid dienone is 2. The summed E-state index contributed by atoms with van der Waals surface area (Å²) >= 11 is 0. The summed E-state index contributed by atoms with van der Waals surface area (Å²) in [5.74, 6) is 7.00. The van der Waals surface area contributed by atoms with Gasteiger partial charge in [-0.1, -0.05) is 37.3 Å². The molecule has 0 heterocycles. The number of rotatable bonds is 2. The summed E-state index contributed by atoms with van der Waals surface area (Å²) in [4.78, 5) is 12.1. The van der Waals surface area contributed by atoms with Crippen LogP contribution in [0.5, 0.6) is 0 Å². The van der Waals surface area contributed by atoms with Crippen molar-refractivity contribution in [3.63, 3.8) is 0 Å². The first-order valence-corrected chi connectivity index (χ1v) is 7.70. The second kappa shape index (κ2) is 5.37. The van der Waals surface area contributed by atoms with E-state index in [4.69, 9.17) is 0 Å². The van der Waals surface area contributed by atoms with Crippen molar-refractivity contribution >= 4 is 5.78 Å². The van der Waals surface area contributed by atoms with Crippen LogP contribution in [-0.2, 0) is 4.79 Å². The predicted molar refractivity (Wildman–Crippen MR) is 81.0 cm³/mol. The van der Waals surface area contributed by atoms with Crippen molar-refractivity contribution in [2.24, 2.45) is 17.3 Å². The number of Topliss-reactive ketones (excluding diaryl/α,β-unsaturated/α-hetero) is 1. The Hall–Kier alpha value is -1.07. The fraction of sp³-hybridized carbons (Fsp3) is 0.722. The molecule has 0 saturated heterocycles. The van der Waals surface area contributed by atoms with Crippen LogP contribution >= 0.6 is 0 Å². The number of fused-ring (bicyclic) bond motifs is 1. The number of carbonyl (C=O) groups excluding carboxylic acids is 1. The van der Waals surface area contributed by atoms with Crippen LogP contribution < -0.4 is 0 Å². The van der Waals surface area contributed by atoms with Crippen LogP contribution in [0.15, 0.2) is 11.6 Å². The number of ketones is 1. The molecule has 2 aliphatic rings. The molecule has 2 heteroatoms. The van der Waals surface area contributed by atoms with E-state index >= 15 is 0 Å². The Balaban J connectivity index is 2.09. The SMILES string of the molecule is C[C@@H](CC#CC(C)(C)O)C1=CCC2C(=O)CCC[C@]12C. The highest BCUT2D eigenvalue weighted by Gasteiger charge is 2.47. The zero-order chi connectivity index (χ0) is 15.0. The van der Waals surface area contributed by atoms with E-state index < -0.39 is 5.60 Å². The lowest BCUT2D eigenvalue weighted by molar-refractivity contribution is -0.128. The predicted octanol–water partition coefficient (Wildman–Crippen LogP) is 3.49. The first-order chi connectivity index (χ1) is 9.24. The molecule has 0 aromatic heterocycles. The molecule has 110 valence electrons. The Kier molecular flexibility index (Phi) is 4.12. The zero-order valence-electron chi connectivity index (χ0n) is 13.1. The van der Waals surface area contributed by atoms with Gasteiger partial charge in [-0.05, 0) is 44.4 Å². The quantitative estimate of drug-likeness (QED) is 0.618. The average Bonchev–Trinajstić information content (AvgIpc) is 2.66. The lowest BCUT2D eigenvalue weighted by Gasteiger charge is -2.39. The first-order valence-electron chi connectivity index (χ1n) is 7.70. The van der Waals surface area contributed by atoms with Crippen molar-refractivity contribution < 1.29 is 9.90 Å². The molecule has 2 aliphatic carbocycles. The molecule has 0 amide bonds. The summed E-state index contributed by atoms with van der Waals surface area (Å²) in [5.41, 5.74) is 0.558. The maximum atomic E-state index is 12.1. The van der Waals surface area contributed by atoms with Gasteiger partial charge in [-0.3, -0.25) is 4.79 Å². The van der Waals surface area contributed by atoms with Crippen LogP contribution in [0.3, 0.4) is 0 Å². The van der Waals surface area contributed by atoms with E-state index in [1.165, 1.54) is 5.57 Å². The molecule has 2 nitrogen and oxygen atoms in total. The number of hydrogen-bond acceptors (Lipinski definition) is 2. The molecular weight excluding hydrogens is 248 g/mol. The van der Waals surface area contributed by atoms with E-state index in [0.29, 0.717) is 11.7 Å². The van der Waals surface area contributed by atoms with Crippen LogP contribution in [0.25, 0.3) is 0 Å². The van der Waals surface area contributed by atoms with E-state index in [1.807, 2.05) is 0 Å². The van der Waals surface area contributed by atoms with Gasteiger partial charge in [0.1, 0.15) is 11.4 Å². The van der Waals surface area contributed by atoms with Crippen LogP contribution in [0.4, 0.5) is 0 Å². The van der Waals surface area contributed by atoms with E-state index in [1.54, 1.807) is 13.8 Å². The Morgan fingerprint density at radius 3 is 2.90 bits per heavy atom. The maximum Gasteiger partial charge on any atom is 0.137 e. The van der Waals surface area contributed by atoms with Gasteiger partial charge >= 0.3 is 0 Å². The van der Waals surface area contributed by atoms with Gasteiger partial charge in [0.2, 0.25) is 0 Å². The van der Waals surface area contributed by atoms with Gasteiger partial charge in [-0.15, -0.1) is 0 Å². The monoisotopic (exact) mass is 274 g/mol. The molecule has 0 aromatic carbocycles. The fourth-order valence-corrected chi connectivity index (χ4v) is 3.84. The number of hydrogen-bond donors (Lipinski definition) is 1. The molecule has 1 fully saturated rings. The highest BCUT2D eigenvalue weighted by atomic mass is 16.3. The van der Waals surface area contributed by atoms with E-state index in [2.05, 4.69) is 31.8 Å². The van der Waals surface area contributed by atoms with Crippen molar-refractivity contribution in [2.75, 3.05) is 0 Å². The Bertz CT molecular complexity index is 484. The van der Waals surface area contributed by atoms with Gasteiger partial charge in [-0.2, -0.15) is 0 Å².